The number of nitrogen functional groups attached to an aromatic ring is 1. The van der Waals surface area contributed by atoms with Crippen molar-refractivity contribution in [1.29, 1.82) is 0 Å². The molecular weight excluding hydrogens is 188 g/mol. The second-order valence-electron chi connectivity index (χ2n) is 4.06. The van der Waals surface area contributed by atoms with Gasteiger partial charge in [0.1, 0.15) is 0 Å². The molecule has 3 rings (SSSR count). The largest absolute Gasteiger partial charge is 0.399 e. The monoisotopic (exact) mass is 200 g/mol. The van der Waals surface area contributed by atoms with Crippen LogP contribution in [0.3, 0.4) is 0 Å². The first-order chi connectivity index (χ1) is 7.31. The van der Waals surface area contributed by atoms with Crippen LogP contribution < -0.4 is 5.73 Å². The molecule has 0 amide bonds. The van der Waals surface area contributed by atoms with E-state index in [1.807, 2.05) is 18.3 Å². The maximum atomic E-state index is 5.67. The lowest BCUT2D eigenvalue weighted by Gasteiger charge is -2.12. The first-order valence-electron chi connectivity index (χ1n) is 5.03. The van der Waals surface area contributed by atoms with Crippen LogP contribution in [-0.2, 0) is 5.41 Å². The van der Waals surface area contributed by atoms with Crippen molar-refractivity contribution in [3.8, 4) is 0 Å². The molecule has 0 saturated heterocycles. The second-order valence-corrected chi connectivity index (χ2v) is 4.06. The molecule has 1 fully saturated rings. The highest BCUT2D eigenvalue weighted by molar-refractivity contribution is 5.47. The van der Waals surface area contributed by atoms with E-state index in [1.165, 1.54) is 5.56 Å². The summed E-state index contributed by atoms with van der Waals surface area (Å²) in [6, 6.07) is 8.04. The molecule has 76 valence electrons. The number of anilines is 1. The Balaban J connectivity index is 2.04. The van der Waals surface area contributed by atoms with Crippen LogP contribution in [0.15, 0.2) is 30.5 Å². The molecular formula is C11H12N4. The second kappa shape index (κ2) is 2.82. The predicted octanol–water partition coefficient (Wildman–Crippen LogP) is 1.47. The van der Waals surface area contributed by atoms with Crippen molar-refractivity contribution in [3.63, 3.8) is 0 Å². The van der Waals surface area contributed by atoms with Crippen molar-refractivity contribution in [1.82, 2.24) is 15.4 Å². The fourth-order valence-electron chi connectivity index (χ4n) is 2.05. The SMILES string of the molecule is Nc1ccc(C2(c3cn[nH]n3)CC2)cc1. The summed E-state index contributed by atoms with van der Waals surface area (Å²) < 4.78 is 0. The number of benzene rings is 1. The molecule has 15 heavy (non-hydrogen) atoms. The summed E-state index contributed by atoms with van der Waals surface area (Å²) >= 11 is 0. The van der Waals surface area contributed by atoms with Crippen molar-refractivity contribution in [2.24, 2.45) is 0 Å². The Kier molecular flexibility index (Phi) is 1.59. The van der Waals surface area contributed by atoms with E-state index in [1.54, 1.807) is 0 Å². The summed E-state index contributed by atoms with van der Waals surface area (Å²) in [6.45, 7) is 0. The van der Waals surface area contributed by atoms with Gasteiger partial charge in [0.2, 0.25) is 0 Å². The lowest BCUT2D eigenvalue weighted by molar-refractivity contribution is 0.787. The third-order valence-electron chi connectivity index (χ3n) is 3.12. The van der Waals surface area contributed by atoms with Crippen LogP contribution in [0.1, 0.15) is 24.1 Å². The lowest BCUT2D eigenvalue weighted by Crippen LogP contribution is -2.09. The van der Waals surface area contributed by atoms with Crippen LogP contribution in [-0.4, -0.2) is 15.4 Å². The number of rotatable bonds is 2. The highest BCUT2D eigenvalue weighted by Crippen LogP contribution is 2.52. The van der Waals surface area contributed by atoms with E-state index in [0.717, 1.165) is 24.2 Å². The van der Waals surface area contributed by atoms with Crippen molar-refractivity contribution in [2.75, 3.05) is 5.73 Å². The standard InChI is InChI=1S/C11H12N4/c12-9-3-1-8(2-4-9)11(5-6-11)10-7-13-15-14-10/h1-4,7H,5-6,12H2,(H,13,14,15). The van der Waals surface area contributed by atoms with E-state index in [0.29, 0.717) is 0 Å². The van der Waals surface area contributed by atoms with Gasteiger partial charge in [0.15, 0.2) is 0 Å². The Morgan fingerprint density at radius 1 is 1.20 bits per heavy atom. The van der Waals surface area contributed by atoms with Crippen LogP contribution in [0.2, 0.25) is 0 Å². The molecule has 0 unspecified atom stereocenters. The molecule has 0 bridgehead atoms. The van der Waals surface area contributed by atoms with Crippen LogP contribution in [0.4, 0.5) is 5.69 Å². The summed E-state index contributed by atoms with van der Waals surface area (Å²) in [5.74, 6) is 0. The van der Waals surface area contributed by atoms with E-state index in [4.69, 9.17) is 5.73 Å². The van der Waals surface area contributed by atoms with E-state index in [2.05, 4.69) is 27.5 Å². The van der Waals surface area contributed by atoms with Gasteiger partial charge in [-0.05, 0) is 30.5 Å². The zero-order valence-electron chi connectivity index (χ0n) is 8.27. The Bertz CT molecular complexity index is 454. The molecule has 1 aromatic carbocycles. The number of hydrogen-bond donors (Lipinski definition) is 2. The van der Waals surface area contributed by atoms with Crippen molar-refractivity contribution in [3.05, 3.63) is 41.7 Å². The van der Waals surface area contributed by atoms with Crippen LogP contribution >= 0.6 is 0 Å². The molecule has 1 aliphatic carbocycles. The molecule has 4 heteroatoms. The molecule has 0 spiro atoms. The molecule has 1 heterocycles. The summed E-state index contributed by atoms with van der Waals surface area (Å²) in [7, 11) is 0. The average Bonchev–Trinajstić information content (AvgIpc) is 2.88. The first kappa shape index (κ1) is 8.47. The topological polar surface area (TPSA) is 67.6 Å². The Morgan fingerprint density at radius 3 is 2.47 bits per heavy atom. The highest BCUT2D eigenvalue weighted by atomic mass is 15.3. The fourth-order valence-corrected chi connectivity index (χ4v) is 2.05. The number of hydrogen-bond acceptors (Lipinski definition) is 3. The minimum absolute atomic E-state index is 0.0979. The molecule has 1 aliphatic rings. The van der Waals surface area contributed by atoms with Crippen LogP contribution in [0.25, 0.3) is 0 Å². The third-order valence-corrected chi connectivity index (χ3v) is 3.12. The molecule has 3 N–H and O–H groups in total. The maximum absolute atomic E-state index is 5.67. The number of nitrogens with zero attached hydrogens (tertiary/aromatic N) is 2. The molecule has 0 atom stereocenters. The fraction of sp³-hybridized carbons (Fsp3) is 0.273. The zero-order valence-corrected chi connectivity index (χ0v) is 8.27. The number of nitrogens with one attached hydrogen (secondary N) is 1. The van der Waals surface area contributed by atoms with E-state index >= 15 is 0 Å². The minimum Gasteiger partial charge on any atom is -0.399 e. The molecule has 1 saturated carbocycles. The van der Waals surface area contributed by atoms with Crippen molar-refractivity contribution >= 4 is 5.69 Å². The average molecular weight is 200 g/mol. The number of nitrogens with two attached hydrogens (primary N) is 1. The Hall–Kier alpha value is -1.84. The maximum Gasteiger partial charge on any atom is 0.0930 e. The Morgan fingerprint density at radius 2 is 1.93 bits per heavy atom. The lowest BCUT2D eigenvalue weighted by atomic mass is 9.93. The first-order valence-corrected chi connectivity index (χ1v) is 5.03. The third kappa shape index (κ3) is 1.21. The molecule has 0 radical (unpaired) electrons. The predicted molar refractivity (Wildman–Crippen MR) is 57.3 cm³/mol. The number of aromatic amines is 1. The highest BCUT2D eigenvalue weighted by Gasteiger charge is 2.47. The van der Waals surface area contributed by atoms with Crippen LogP contribution in [0, 0.1) is 0 Å². The summed E-state index contributed by atoms with van der Waals surface area (Å²) in [6.07, 6.45) is 4.09. The van der Waals surface area contributed by atoms with Gasteiger partial charge in [0.25, 0.3) is 0 Å². The molecule has 4 nitrogen and oxygen atoms in total. The number of H-pyrrole nitrogens is 1. The van der Waals surface area contributed by atoms with Gasteiger partial charge in [-0.3, -0.25) is 0 Å². The van der Waals surface area contributed by atoms with Crippen molar-refractivity contribution < 1.29 is 0 Å². The van der Waals surface area contributed by atoms with Gasteiger partial charge >= 0.3 is 0 Å². The molecule has 1 aromatic heterocycles. The quantitative estimate of drug-likeness (QED) is 0.721. The van der Waals surface area contributed by atoms with Crippen molar-refractivity contribution in [2.45, 2.75) is 18.3 Å². The van der Waals surface area contributed by atoms with Gasteiger partial charge in [-0.15, -0.1) is 0 Å². The van der Waals surface area contributed by atoms with Gasteiger partial charge in [-0.25, -0.2) is 0 Å². The van der Waals surface area contributed by atoms with Gasteiger partial charge in [-0.1, -0.05) is 12.1 Å². The molecule has 2 aromatic rings. The van der Waals surface area contributed by atoms with Gasteiger partial charge < -0.3 is 5.73 Å². The van der Waals surface area contributed by atoms with Gasteiger partial charge in [0.05, 0.1) is 11.9 Å². The van der Waals surface area contributed by atoms with E-state index in [9.17, 15) is 0 Å². The Labute approximate surface area is 87.5 Å². The summed E-state index contributed by atoms with van der Waals surface area (Å²) in [5.41, 5.74) is 8.89. The summed E-state index contributed by atoms with van der Waals surface area (Å²) in [4.78, 5) is 0. The van der Waals surface area contributed by atoms with Gasteiger partial charge in [-0.2, -0.15) is 15.4 Å². The zero-order chi connectivity index (χ0) is 10.3. The number of aromatic nitrogens is 3. The van der Waals surface area contributed by atoms with Crippen LogP contribution in [0.5, 0.6) is 0 Å². The van der Waals surface area contributed by atoms with E-state index < -0.39 is 0 Å². The van der Waals surface area contributed by atoms with Gasteiger partial charge in [0, 0.05) is 11.1 Å². The summed E-state index contributed by atoms with van der Waals surface area (Å²) in [5, 5.41) is 10.7. The normalized spacial score (nSPS) is 17.6. The van der Waals surface area contributed by atoms with E-state index in [-0.39, 0.29) is 5.41 Å². The smallest absolute Gasteiger partial charge is 0.0930 e. The minimum atomic E-state index is 0.0979. The molecule has 0 aliphatic heterocycles.